The van der Waals surface area contributed by atoms with Gasteiger partial charge in [-0.2, -0.15) is 5.10 Å². The van der Waals surface area contributed by atoms with Crippen LogP contribution in [0.25, 0.3) is 11.5 Å². The highest BCUT2D eigenvalue weighted by Crippen LogP contribution is 2.29. The van der Waals surface area contributed by atoms with Crippen LogP contribution >= 0.6 is 0 Å². The van der Waals surface area contributed by atoms with E-state index in [0.717, 1.165) is 55.1 Å². The molecule has 0 aliphatic heterocycles. The van der Waals surface area contributed by atoms with Crippen LogP contribution in [0.4, 0.5) is 0 Å². The predicted octanol–water partition coefficient (Wildman–Crippen LogP) is 2.19. The van der Waals surface area contributed by atoms with Crippen molar-refractivity contribution < 1.29 is 0 Å². The Hall–Kier alpha value is -1.62. The molecule has 102 valence electrons. The van der Waals surface area contributed by atoms with Crippen LogP contribution in [0, 0.1) is 0 Å². The van der Waals surface area contributed by atoms with Crippen molar-refractivity contribution in [2.45, 2.75) is 52.1 Å². The average molecular weight is 259 g/mol. The molecule has 0 saturated carbocycles. The van der Waals surface area contributed by atoms with Crippen LogP contribution in [-0.4, -0.2) is 19.7 Å². The van der Waals surface area contributed by atoms with Gasteiger partial charge in [0, 0.05) is 18.3 Å². The Morgan fingerprint density at radius 1 is 1.47 bits per heavy atom. The first-order valence-electron chi connectivity index (χ1n) is 7.14. The summed E-state index contributed by atoms with van der Waals surface area (Å²) in [6.07, 6.45) is 4.17. The molecule has 5 heteroatoms. The quantitative estimate of drug-likeness (QED) is 0.887. The van der Waals surface area contributed by atoms with Crippen LogP contribution in [0.3, 0.4) is 0 Å². The Balaban J connectivity index is 2.04. The van der Waals surface area contributed by atoms with Crippen LogP contribution in [-0.2, 0) is 19.4 Å². The van der Waals surface area contributed by atoms with Gasteiger partial charge in [0.25, 0.3) is 0 Å². The lowest BCUT2D eigenvalue weighted by Crippen LogP contribution is -2.17. The summed E-state index contributed by atoms with van der Waals surface area (Å²) in [6.45, 7) is 5.08. The Labute approximate surface area is 113 Å². The fourth-order valence-electron chi connectivity index (χ4n) is 2.75. The Morgan fingerprint density at radius 2 is 2.32 bits per heavy atom. The van der Waals surface area contributed by atoms with Gasteiger partial charge in [-0.25, -0.2) is 4.98 Å². The van der Waals surface area contributed by atoms with Gasteiger partial charge in [0.15, 0.2) is 5.82 Å². The van der Waals surface area contributed by atoms with Crippen molar-refractivity contribution in [3.8, 4) is 11.5 Å². The smallest absolute Gasteiger partial charge is 0.156 e. The zero-order valence-corrected chi connectivity index (χ0v) is 11.6. The summed E-state index contributed by atoms with van der Waals surface area (Å²) in [5.41, 5.74) is 10.6. The molecule has 0 radical (unpaired) electrons. The van der Waals surface area contributed by atoms with E-state index in [4.69, 9.17) is 10.7 Å². The third kappa shape index (κ3) is 2.08. The number of nitrogens with two attached hydrogens (primary N) is 1. The lowest BCUT2D eigenvalue weighted by atomic mass is 9.97. The second kappa shape index (κ2) is 4.81. The average Bonchev–Trinajstić information content (AvgIpc) is 3.02. The van der Waals surface area contributed by atoms with E-state index in [2.05, 4.69) is 30.0 Å². The molecule has 19 heavy (non-hydrogen) atoms. The largest absolute Gasteiger partial charge is 0.340 e. The van der Waals surface area contributed by atoms with Gasteiger partial charge in [0.1, 0.15) is 5.69 Å². The molecule has 0 spiro atoms. The van der Waals surface area contributed by atoms with E-state index >= 15 is 0 Å². The molecule has 0 fully saturated rings. The van der Waals surface area contributed by atoms with E-state index in [1.807, 2.05) is 4.68 Å². The van der Waals surface area contributed by atoms with Crippen LogP contribution in [0.2, 0.25) is 0 Å². The van der Waals surface area contributed by atoms with Gasteiger partial charge in [0.2, 0.25) is 0 Å². The second-order valence-electron chi connectivity index (χ2n) is 5.14. The van der Waals surface area contributed by atoms with Crippen molar-refractivity contribution in [2.75, 3.05) is 0 Å². The van der Waals surface area contributed by atoms with Gasteiger partial charge in [-0.05, 0) is 38.7 Å². The van der Waals surface area contributed by atoms with Gasteiger partial charge in [0.05, 0.1) is 11.4 Å². The first kappa shape index (κ1) is 12.4. The monoisotopic (exact) mass is 259 g/mol. The van der Waals surface area contributed by atoms with Crippen molar-refractivity contribution >= 4 is 0 Å². The minimum Gasteiger partial charge on any atom is -0.340 e. The summed E-state index contributed by atoms with van der Waals surface area (Å²) in [4.78, 5) is 8.16. The molecule has 0 aromatic carbocycles. The van der Waals surface area contributed by atoms with Gasteiger partial charge < -0.3 is 10.7 Å². The minimum atomic E-state index is 0.0809. The third-order valence-electron chi connectivity index (χ3n) is 3.84. The van der Waals surface area contributed by atoms with E-state index in [9.17, 15) is 0 Å². The first-order valence-corrected chi connectivity index (χ1v) is 7.14. The molecule has 0 saturated heterocycles. The predicted molar refractivity (Wildman–Crippen MR) is 74.7 cm³/mol. The minimum absolute atomic E-state index is 0.0809. The number of nitrogens with zero attached hydrogens (tertiary/aromatic N) is 3. The Kier molecular flexibility index (Phi) is 3.14. The number of fused-ring (bicyclic) bond motifs is 1. The fourth-order valence-corrected chi connectivity index (χ4v) is 2.75. The summed E-state index contributed by atoms with van der Waals surface area (Å²) in [7, 11) is 0. The maximum Gasteiger partial charge on any atom is 0.156 e. The maximum absolute atomic E-state index is 6.13. The second-order valence-corrected chi connectivity index (χ2v) is 5.14. The summed E-state index contributed by atoms with van der Waals surface area (Å²) in [6, 6.07) is 2.21. The van der Waals surface area contributed by atoms with E-state index in [1.165, 1.54) is 5.69 Å². The first-order chi connectivity index (χ1) is 9.22. The van der Waals surface area contributed by atoms with Crippen molar-refractivity contribution in [3.63, 3.8) is 0 Å². The third-order valence-corrected chi connectivity index (χ3v) is 3.84. The van der Waals surface area contributed by atoms with Crippen molar-refractivity contribution in [2.24, 2.45) is 5.73 Å². The molecule has 2 aromatic rings. The highest BCUT2D eigenvalue weighted by molar-refractivity contribution is 5.52. The van der Waals surface area contributed by atoms with Crippen molar-refractivity contribution in [1.29, 1.82) is 0 Å². The number of aryl methyl sites for hydroxylation is 3. The summed E-state index contributed by atoms with van der Waals surface area (Å²) < 4.78 is 2.01. The maximum atomic E-state index is 6.13. The molecule has 1 unspecified atom stereocenters. The topological polar surface area (TPSA) is 72.5 Å². The molecule has 2 heterocycles. The van der Waals surface area contributed by atoms with Gasteiger partial charge >= 0.3 is 0 Å². The Morgan fingerprint density at radius 3 is 3.00 bits per heavy atom. The fraction of sp³-hybridized carbons (Fsp3) is 0.571. The van der Waals surface area contributed by atoms with Crippen LogP contribution in [0.5, 0.6) is 0 Å². The number of hydrogen-bond acceptors (Lipinski definition) is 3. The lowest BCUT2D eigenvalue weighted by Gasteiger charge is -2.15. The summed E-state index contributed by atoms with van der Waals surface area (Å²) >= 11 is 0. The number of aromatic nitrogens is 4. The zero-order valence-electron chi connectivity index (χ0n) is 11.6. The van der Waals surface area contributed by atoms with Crippen LogP contribution < -0.4 is 5.73 Å². The number of hydrogen-bond donors (Lipinski definition) is 2. The standard InChI is InChI=1S/C14H21N5/c1-3-9-8-12(19(4-2)18-9)14-16-11-7-5-6-10(15)13(11)17-14/h8,10H,3-7,15H2,1-2H3,(H,16,17). The number of rotatable bonds is 3. The summed E-state index contributed by atoms with van der Waals surface area (Å²) in [5, 5.41) is 4.57. The highest BCUT2D eigenvalue weighted by atomic mass is 15.3. The Bertz CT molecular complexity index is 581. The molecule has 2 aromatic heterocycles. The van der Waals surface area contributed by atoms with Crippen molar-refractivity contribution in [1.82, 2.24) is 19.7 Å². The number of imidazole rings is 1. The van der Waals surface area contributed by atoms with Gasteiger partial charge in [-0.3, -0.25) is 4.68 Å². The molecule has 3 N–H and O–H groups in total. The van der Waals surface area contributed by atoms with E-state index in [-0.39, 0.29) is 6.04 Å². The van der Waals surface area contributed by atoms with Gasteiger partial charge in [-0.15, -0.1) is 0 Å². The molecule has 0 bridgehead atoms. The molecule has 5 nitrogen and oxygen atoms in total. The molecule has 1 aliphatic carbocycles. The van der Waals surface area contributed by atoms with Gasteiger partial charge in [-0.1, -0.05) is 6.92 Å². The molecular formula is C14H21N5. The summed E-state index contributed by atoms with van der Waals surface area (Å²) in [5.74, 6) is 0.913. The van der Waals surface area contributed by atoms with Crippen LogP contribution in [0.15, 0.2) is 6.07 Å². The molecule has 0 amide bonds. The molecule has 1 atom stereocenters. The van der Waals surface area contributed by atoms with Crippen LogP contribution in [0.1, 0.15) is 49.8 Å². The molecular weight excluding hydrogens is 238 g/mol. The number of H-pyrrole nitrogens is 1. The highest BCUT2D eigenvalue weighted by Gasteiger charge is 2.23. The lowest BCUT2D eigenvalue weighted by molar-refractivity contribution is 0.555. The molecule has 1 aliphatic rings. The molecule has 3 rings (SSSR count). The van der Waals surface area contributed by atoms with E-state index < -0.39 is 0 Å². The SMILES string of the molecule is CCc1cc(-c2nc3c([nH]2)CCCC3N)n(CC)n1. The zero-order chi connectivity index (χ0) is 13.4. The van der Waals surface area contributed by atoms with E-state index in [0.29, 0.717) is 0 Å². The number of aromatic amines is 1. The van der Waals surface area contributed by atoms with Crippen molar-refractivity contribution in [3.05, 3.63) is 23.1 Å². The number of nitrogens with one attached hydrogen (secondary N) is 1. The normalized spacial score (nSPS) is 18.6. The van der Waals surface area contributed by atoms with E-state index in [1.54, 1.807) is 0 Å².